The fourth-order valence-electron chi connectivity index (χ4n) is 4.66. The standard InChI is InChI=1S/C22H28ClN5O2.ClH.H2O/c23-16-2-1-3-17(12-16)27-8-6-26(7-9-27)10-11-30-19-13-18-14-25-21-20(29)4-5-24-22(21)28(18)15-19;;/h1-3,12-13,15,21-22,24-25H,4-11,14H2;1H;1H2. The summed E-state index contributed by atoms with van der Waals surface area (Å²) < 4.78 is 8.23. The zero-order chi connectivity index (χ0) is 20.5. The maximum Gasteiger partial charge on any atom is 0.154 e. The van der Waals surface area contributed by atoms with Gasteiger partial charge >= 0.3 is 0 Å². The number of ether oxygens (including phenoxy) is 1. The minimum absolute atomic E-state index is 0. The van der Waals surface area contributed by atoms with E-state index in [2.05, 4.69) is 37.1 Å². The predicted molar refractivity (Wildman–Crippen MR) is 128 cm³/mol. The van der Waals surface area contributed by atoms with Gasteiger partial charge in [0.1, 0.15) is 24.6 Å². The number of carbonyl (C=O) groups excluding carboxylic acids is 1. The van der Waals surface area contributed by atoms with Crippen molar-refractivity contribution < 1.29 is 15.0 Å². The van der Waals surface area contributed by atoms with Crippen molar-refractivity contribution in [1.29, 1.82) is 0 Å². The van der Waals surface area contributed by atoms with Crippen molar-refractivity contribution >= 4 is 35.5 Å². The van der Waals surface area contributed by atoms with Crippen LogP contribution in [0.15, 0.2) is 36.5 Å². The minimum Gasteiger partial charge on any atom is -0.491 e. The van der Waals surface area contributed by atoms with E-state index in [0.717, 1.165) is 55.7 Å². The molecular weight excluding hydrogens is 453 g/mol. The first-order valence-electron chi connectivity index (χ1n) is 10.7. The third-order valence-electron chi connectivity index (χ3n) is 6.32. The molecular formula is C22H31Cl2N5O3. The first-order chi connectivity index (χ1) is 14.7. The van der Waals surface area contributed by atoms with Crippen molar-refractivity contribution in [2.24, 2.45) is 0 Å². The Morgan fingerprint density at radius 1 is 1.12 bits per heavy atom. The molecule has 0 amide bonds. The van der Waals surface area contributed by atoms with Crippen LogP contribution in [0.25, 0.3) is 0 Å². The molecule has 2 saturated heterocycles. The van der Waals surface area contributed by atoms with Crippen molar-refractivity contribution in [3.63, 3.8) is 0 Å². The van der Waals surface area contributed by atoms with Crippen molar-refractivity contribution in [1.82, 2.24) is 20.1 Å². The van der Waals surface area contributed by atoms with Crippen LogP contribution in [-0.4, -0.2) is 72.6 Å². The van der Waals surface area contributed by atoms with Crippen LogP contribution in [-0.2, 0) is 11.3 Å². The number of Topliss-reactive ketones (excluding diaryl/α,β-unsaturated/α-hetero) is 1. The average molecular weight is 484 g/mol. The number of hydrogen-bond acceptors (Lipinski definition) is 6. The van der Waals surface area contributed by atoms with Gasteiger partial charge in [-0.3, -0.25) is 20.3 Å². The van der Waals surface area contributed by atoms with Gasteiger partial charge in [0.05, 0.1) is 0 Å². The van der Waals surface area contributed by atoms with Gasteiger partial charge in [-0.15, -0.1) is 12.4 Å². The van der Waals surface area contributed by atoms with Gasteiger partial charge in [-0.2, -0.15) is 0 Å². The van der Waals surface area contributed by atoms with Crippen LogP contribution in [0, 0.1) is 0 Å². The second-order valence-corrected chi connectivity index (χ2v) is 8.64. The summed E-state index contributed by atoms with van der Waals surface area (Å²) in [4.78, 5) is 17.0. The molecule has 4 N–H and O–H groups in total. The highest BCUT2D eigenvalue weighted by Crippen LogP contribution is 2.28. The van der Waals surface area contributed by atoms with Crippen molar-refractivity contribution in [3.05, 3.63) is 47.2 Å². The van der Waals surface area contributed by atoms with Crippen molar-refractivity contribution in [3.8, 4) is 5.75 Å². The van der Waals surface area contributed by atoms with Crippen LogP contribution in [0.4, 0.5) is 5.69 Å². The maximum absolute atomic E-state index is 12.2. The van der Waals surface area contributed by atoms with E-state index in [1.165, 1.54) is 5.69 Å². The Kier molecular flexibility index (Phi) is 8.43. The van der Waals surface area contributed by atoms with Gasteiger partial charge in [-0.05, 0) is 18.2 Å². The Balaban J connectivity index is 0.00000144. The first-order valence-corrected chi connectivity index (χ1v) is 11.1. The number of halogens is 2. The molecule has 2 atom stereocenters. The Bertz CT molecular complexity index is 917. The second-order valence-electron chi connectivity index (χ2n) is 8.21. The number of nitrogens with one attached hydrogen (secondary N) is 2. The molecule has 4 heterocycles. The quantitative estimate of drug-likeness (QED) is 0.668. The summed E-state index contributed by atoms with van der Waals surface area (Å²) >= 11 is 6.12. The molecule has 176 valence electrons. The van der Waals surface area contributed by atoms with Gasteiger partial charge in [-0.25, -0.2) is 0 Å². The van der Waals surface area contributed by atoms with Gasteiger partial charge in [0.2, 0.25) is 0 Å². The third kappa shape index (κ3) is 5.22. The number of rotatable bonds is 5. The molecule has 3 aliphatic heterocycles. The van der Waals surface area contributed by atoms with E-state index in [0.29, 0.717) is 19.6 Å². The van der Waals surface area contributed by atoms with Crippen LogP contribution >= 0.6 is 24.0 Å². The Hall–Kier alpha value is -1.81. The van der Waals surface area contributed by atoms with Gasteiger partial charge in [0, 0.05) is 80.9 Å². The topological polar surface area (TPSA) is 93.3 Å². The molecule has 2 fully saturated rings. The number of anilines is 1. The van der Waals surface area contributed by atoms with Crippen LogP contribution in [0.2, 0.25) is 5.02 Å². The smallest absolute Gasteiger partial charge is 0.154 e. The van der Waals surface area contributed by atoms with Gasteiger partial charge in [0.25, 0.3) is 0 Å². The lowest BCUT2D eigenvalue weighted by Gasteiger charge is -2.37. The van der Waals surface area contributed by atoms with E-state index in [-0.39, 0.29) is 35.9 Å². The monoisotopic (exact) mass is 483 g/mol. The first kappa shape index (κ1) is 24.8. The molecule has 1 aromatic carbocycles. The van der Waals surface area contributed by atoms with Gasteiger partial charge in [-0.1, -0.05) is 17.7 Å². The largest absolute Gasteiger partial charge is 0.491 e. The fourth-order valence-corrected chi connectivity index (χ4v) is 4.85. The van der Waals surface area contributed by atoms with Gasteiger partial charge in [0.15, 0.2) is 5.78 Å². The number of benzene rings is 1. The lowest BCUT2D eigenvalue weighted by Crippen LogP contribution is -2.56. The summed E-state index contributed by atoms with van der Waals surface area (Å²) in [5.74, 6) is 1.17. The van der Waals surface area contributed by atoms with Gasteiger partial charge < -0.3 is 19.7 Å². The molecule has 0 radical (unpaired) electrons. The molecule has 3 aliphatic rings. The molecule has 0 bridgehead atoms. The molecule has 2 unspecified atom stereocenters. The van der Waals surface area contributed by atoms with E-state index in [1.807, 2.05) is 24.4 Å². The van der Waals surface area contributed by atoms with E-state index >= 15 is 0 Å². The zero-order valence-corrected chi connectivity index (χ0v) is 19.5. The highest BCUT2D eigenvalue weighted by atomic mass is 35.5. The molecule has 8 nitrogen and oxygen atoms in total. The van der Waals surface area contributed by atoms with Crippen LogP contribution in [0.1, 0.15) is 18.3 Å². The number of piperazine rings is 1. The number of ketones is 1. The second kappa shape index (κ2) is 10.9. The highest BCUT2D eigenvalue weighted by molar-refractivity contribution is 6.30. The highest BCUT2D eigenvalue weighted by Gasteiger charge is 2.36. The summed E-state index contributed by atoms with van der Waals surface area (Å²) in [5.41, 5.74) is 2.35. The fraction of sp³-hybridized carbons (Fsp3) is 0.500. The lowest BCUT2D eigenvalue weighted by atomic mass is 10.0. The lowest BCUT2D eigenvalue weighted by molar-refractivity contribution is -0.124. The third-order valence-corrected chi connectivity index (χ3v) is 6.55. The SMILES string of the molecule is Cl.O.O=C1CCNC2C1NCc1cc(OCCN3CCN(c4cccc(Cl)c4)CC3)cn12. The predicted octanol–water partition coefficient (Wildman–Crippen LogP) is 1.47. The number of hydrogen-bond donors (Lipinski definition) is 2. The normalized spacial score (nSPS) is 22.9. The van der Waals surface area contributed by atoms with Crippen LogP contribution < -0.4 is 20.3 Å². The van der Waals surface area contributed by atoms with E-state index in [4.69, 9.17) is 16.3 Å². The number of aromatic nitrogens is 1. The van der Waals surface area contributed by atoms with E-state index in [9.17, 15) is 4.79 Å². The van der Waals surface area contributed by atoms with Crippen molar-refractivity contribution in [2.75, 3.05) is 50.8 Å². The molecule has 5 rings (SSSR count). The number of carbonyl (C=O) groups is 1. The van der Waals surface area contributed by atoms with Crippen LogP contribution in [0.3, 0.4) is 0 Å². The number of piperidine rings is 1. The summed E-state index contributed by atoms with van der Waals surface area (Å²) in [6, 6.07) is 10.0. The summed E-state index contributed by atoms with van der Waals surface area (Å²) in [5, 5.41) is 7.60. The molecule has 10 heteroatoms. The number of fused-ring (bicyclic) bond motifs is 3. The molecule has 0 spiro atoms. The Morgan fingerprint density at radius 2 is 1.94 bits per heavy atom. The molecule has 0 saturated carbocycles. The minimum atomic E-state index is -0.137. The van der Waals surface area contributed by atoms with Crippen molar-refractivity contribution in [2.45, 2.75) is 25.2 Å². The molecule has 2 aromatic rings. The van der Waals surface area contributed by atoms with Crippen LogP contribution in [0.5, 0.6) is 5.75 Å². The maximum atomic E-state index is 12.2. The average Bonchev–Trinajstić information content (AvgIpc) is 3.18. The Labute approximate surface area is 199 Å². The zero-order valence-electron chi connectivity index (χ0n) is 17.9. The van der Waals surface area contributed by atoms with E-state index < -0.39 is 0 Å². The summed E-state index contributed by atoms with van der Waals surface area (Å²) in [7, 11) is 0. The Morgan fingerprint density at radius 3 is 2.72 bits per heavy atom. The summed E-state index contributed by atoms with van der Waals surface area (Å²) in [6.45, 7) is 7.02. The number of nitrogens with zero attached hydrogens (tertiary/aromatic N) is 3. The molecule has 0 aliphatic carbocycles. The van der Waals surface area contributed by atoms with E-state index in [1.54, 1.807) is 0 Å². The molecule has 1 aromatic heterocycles. The molecule has 32 heavy (non-hydrogen) atoms. The summed E-state index contributed by atoms with van der Waals surface area (Å²) in [6.07, 6.45) is 2.63.